The van der Waals surface area contributed by atoms with E-state index >= 15 is 0 Å². The van der Waals surface area contributed by atoms with Crippen LogP contribution in [-0.4, -0.2) is 18.0 Å². The summed E-state index contributed by atoms with van der Waals surface area (Å²) in [6, 6.07) is 18.1. The Morgan fingerprint density at radius 3 is 2.64 bits per heavy atom. The second-order valence-corrected chi connectivity index (χ2v) is 5.24. The van der Waals surface area contributed by atoms with E-state index < -0.39 is 0 Å². The van der Waals surface area contributed by atoms with E-state index in [1.165, 1.54) is 5.56 Å². The zero-order valence-corrected chi connectivity index (χ0v) is 12.5. The van der Waals surface area contributed by atoms with Gasteiger partial charge in [-0.3, -0.25) is 4.90 Å². The Morgan fingerprint density at radius 1 is 1.14 bits per heavy atom. The van der Waals surface area contributed by atoms with Gasteiger partial charge in [0.1, 0.15) is 0 Å². The highest BCUT2D eigenvalue weighted by Gasteiger charge is 2.21. The first-order valence-corrected chi connectivity index (χ1v) is 7.34. The predicted molar refractivity (Wildman–Crippen MR) is 88.3 cm³/mol. The minimum atomic E-state index is -0.0966. The molecule has 2 aromatic carbocycles. The molecule has 0 unspecified atom stereocenters. The monoisotopic (exact) mass is 293 g/mol. The smallest absolute Gasteiger partial charge is 0.321 e. The van der Waals surface area contributed by atoms with E-state index in [-0.39, 0.29) is 6.03 Å². The molecule has 112 valence electrons. The zero-order valence-electron chi connectivity index (χ0n) is 12.5. The van der Waals surface area contributed by atoms with Gasteiger partial charge in [-0.1, -0.05) is 48.5 Å². The number of anilines is 1. The van der Waals surface area contributed by atoms with E-state index in [1.807, 2.05) is 48.7 Å². The van der Waals surface area contributed by atoms with Crippen LogP contribution in [0.1, 0.15) is 11.1 Å². The molecular formula is C18H19N3O. The third-order valence-electron chi connectivity index (χ3n) is 3.77. The average Bonchev–Trinajstić information content (AvgIpc) is 2.75. The molecule has 4 heteroatoms. The number of hydrogen-bond donors (Lipinski definition) is 2. The number of urea groups is 1. The summed E-state index contributed by atoms with van der Waals surface area (Å²) in [5, 5.41) is 6.05. The number of amides is 2. The highest BCUT2D eigenvalue weighted by molar-refractivity contribution is 5.77. The molecule has 1 aliphatic heterocycles. The molecule has 0 fully saturated rings. The van der Waals surface area contributed by atoms with Crippen LogP contribution >= 0.6 is 0 Å². The summed E-state index contributed by atoms with van der Waals surface area (Å²) < 4.78 is 0. The van der Waals surface area contributed by atoms with E-state index in [0.717, 1.165) is 16.9 Å². The average molecular weight is 293 g/mol. The van der Waals surface area contributed by atoms with Crippen LogP contribution in [0.5, 0.6) is 0 Å². The quantitative estimate of drug-likeness (QED) is 0.892. The van der Waals surface area contributed by atoms with Crippen LogP contribution in [0.25, 0.3) is 0 Å². The Morgan fingerprint density at radius 2 is 1.86 bits per heavy atom. The summed E-state index contributed by atoms with van der Waals surface area (Å²) in [4.78, 5) is 14.1. The molecule has 0 aromatic heterocycles. The maximum Gasteiger partial charge on any atom is 0.321 e. The molecule has 0 bridgehead atoms. The van der Waals surface area contributed by atoms with Gasteiger partial charge in [0.25, 0.3) is 0 Å². The van der Waals surface area contributed by atoms with E-state index in [0.29, 0.717) is 13.0 Å². The van der Waals surface area contributed by atoms with Gasteiger partial charge in [-0.25, -0.2) is 4.79 Å². The molecule has 1 aliphatic rings. The number of benzene rings is 2. The van der Waals surface area contributed by atoms with Gasteiger partial charge in [0.2, 0.25) is 0 Å². The van der Waals surface area contributed by atoms with E-state index in [1.54, 1.807) is 11.9 Å². The van der Waals surface area contributed by atoms with Crippen molar-refractivity contribution in [2.24, 2.45) is 0 Å². The Labute approximate surface area is 130 Å². The van der Waals surface area contributed by atoms with Crippen LogP contribution in [-0.2, 0) is 13.0 Å². The van der Waals surface area contributed by atoms with Gasteiger partial charge >= 0.3 is 6.03 Å². The number of carbonyl (C=O) groups is 1. The summed E-state index contributed by atoms with van der Waals surface area (Å²) >= 11 is 0. The topological polar surface area (TPSA) is 44.4 Å². The first kappa shape index (κ1) is 14.2. The van der Waals surface area contributed by atoms with E-state index in [2.05, 4.69) is 22.8 Å². The van der Waals surface area contributed by atoms with Crippen molar-refractivity contribution in [1.29, 1.82) is 0 Å². The van der Waals surface area contributed by atoms with Crippen molar-refractivity contribution in [2.75, 3.05) is 12.4 Å². The third-order valence-corrected chi connectivity index (χ3v) is 3.77. The lowest BCUT2D eigenvalue weighted by atomic mass is 10.1. The van der Waals surface area contributed by atoms with Crippen molar-refractivity contribution in [3.63, 3.8) is 0 Å². The van der Waals surface area contributed by atoms with Gasteiger partial charge < -0.3 is 10.6 Å². The standard InChI is InChI=1S/C18H19N3O/c1-19-18(22)21-13-15-9-5-6-10-17(15)20-12-16(21)11-14-7-3-2-4-8-14/h2-10,12,20H,11,13H2,1H3,(H,19,22). The second kappa shape index (κ2) is 6.35. The lowest BCUT2D eigenvalue weighted by Gasteiger charge is -2.24. The SMILES string of the molecule is CNC(=O)N1Cc2ccccc2NC=C1Cc1ccccc1. The first-order chi connectivity index (χ1) is 10.8. The summed E-state index contributed by atoms with van der Waals surface area (Å²) in [7, 11) is 1.66. The highest BCUT2D eigenvalue weighted by Crippen LogP contribution is 2.25. The second-order valence-electron chi connectivity index (χ2n) is 5.24. The summed E-state index contributed by atoms with van der Waals surface area (Å²) in [5.41, 5.74) is 4.27. The molecule has 0 saturated carbocycles. The molecule has 3 rings (SSSR count). The minimum absolute atomic E-state index is 0.0966. The molecule has 0 radical (unpaired) electrons. The maximum atomic E-state index is 12.3. The lowest BCUT2D eigenvalue weighted by Crippen LogP contribution is -2.37. The maximum absolute atomic E-state index is 12.3. The molecule has 22 heavy (non-hydrogen) atoms. The fourth-order valence-electron chi connectivity index (χ4n) is 2.60. The Bertz CT molecular complexity index is 694. The number of nitrogens with one attached hydrogen (secondary N) is 2. The molecule has 1 heterocycles. The molecule has 0 aliphatic carbocycles. The number of fused-ring (bicyclic) bond motifs is 1. The number of rotatable bonds is 2. The third kappa shape index (κ3) is 2.96. The minimum Gasteiger partial charge on any atom is -0.360 e. The van der Waals surface area contributed by atoms with E-state index in [4.69, 9.17) is 0 Å². The van der Waals surface area contributed by atoms with Crippen molar-refractivity contribution in [2.45, 2.75) is 13.0 Å². The lowest BCUT2D eigenvalue weighted by molar-refractivity contribution is 0.210. The molecule has 0 spiro atoms. The molecule has 2 N–H and O–H groups in total. The largest absolute Gasteiger partial charge is 0.360 e. The van der Waals surface area contributed by atoms with Crippen molar-refractivity contribution in [3.05, 3.63) is 77.6 Å². The van der Waals surface area contributed by atoms with Crippen LogP contribution < -0.4 is 10.6 Å². The summed E-state index contributed by atoms with van der Waals surface area (Å²) in [6.45, 7) is 0.557. The number of para-hydroxylation sites is 1. The van der Waals surface area contributed by atoms with Gasteiger partial charge in [0.15, 0.2) is 0 Å². The number of nitrogens with zero attached hydrogens (tertiary/aromatic N) is 1. The van der Waals surface area contributed by atoms with Crippen LogP contribution in [0.4, 0.5) is 10.5 Å². The van der Waals surface area contributed by atoms with E-state index in [9.17, 15) is 4.79 Å². The molecule has 0 saturated heterocycles. The summed E-state index contributed by atoms with van der Waals surface area (Å²) in [6.07, 6.45) is 2.63. The number of carbonyl (C=O) groups excluding carboxylic acids is 1. The fourth-order valence-corrected chi connectivity index (χ4v) is 2.60. The fraction of sp³-hybridized carbons (Fsp3) is 0.167. The normalized spacial score (nSPS) is 13.5. The summed E-state index contributed by atoms with van der Waals surface area (Å²) in [5.74, 6) is 0. The molecule has 2 amide bonds. The van der Waals surface area contributed by atoms with Crippen LogP contribution in [0, 0.1) is 0 Å². The van der Waals surface area contributed by atoms with Crippen molar-refractivity contribution >= 4 is 11.7 Å². The Balaban J connectivity index is 1.92. The van der Waals surface area contributed by atoms with Crippen LogP contribution in [0.3, 0.4) is 0 Å². The molecular weight excluding hydrogens is 274 g/mol. The molecule has 4 nitrogen and oxygen atoms in total. The van der Waals surface area contributed by atoms with Crippen molar-refractivity contribution < 1.29 is 4.79 Å². The molecule has 0 atom stereocenters. The highest BCUT2D eigenvalue weighted by atomic mass is 16.2. The van der Waals surface area contributed by atoms with Crippen LogP contribution in [0.15, 0.2) is 66.5 Å². The van der Waals surface area contributed by atoms with Gasteiger partial charge in [0.05, 0.1) is 6.54 Å². The van der Waals surface area contributed by atoms with Crippen molar-refractivity contribution in [1.82, 2.24) is 10.2 Å². The Kier molecular flexibility index (Phi) is 4.10. The van der Waals surface area contributed by atoms with Gasteiger partial charge in [0, 0.05) is 31.1 Å². The van der Waals surface area contributed by atoms with Crippen molar-refractivity contribution in [3.8, 4) is 0 Å². The van der Waals surface area contributed by atoms with Gasteiger partial charge in [-0.05, 0) is 17.2 Å². The van der Waals surface area contributed by atoms with Gasteiger partial charge in [-0.2, -0.15) is 0 Å². The van der Waals surface area contributed by atoms with Gasteiger partial charge in [-0.15, -0.1) is 0 Å². The molecule has 2 aromatic rings. The first-order valence-electron chi connectivity index (χ1n) is 7.34. The Hall–Kier alpha value is -2.75. The predicted octanol–water partition coefficient (Wildman–Crippen LogP) is 3.34. The number of allylic oxidation sites excluding steroid dienone is 1. The number of hydrogen-bond acceptors (Lipinski definition) is 2. The zero-order chi connectivity index (χ0) is 15.4. The van der Waals surface area contributed by atoms with Crippen LogP contribution in [0.2, 0.25) is 0 Å².